The number of carbonyl (C=O) groups is 2. The van der Waals surface area contributed by atoms with Crippen LogP contribution in [0.15, 0.2) is 30.5 Å². The number of pyridine rings is 1. The molecule has 1 aliphatic rings. The van der Waals surface area contributed by atoms with E-state index in [0.717, 1.165) is 24.3 Å². The second kappa shape index (κ2) is 8.17. The summed E-state index contributed by atoms with van der Waals surface area (Å²) in [6.07, 6.45) is -3.43. The van der Waals surface area contributed by atoms with Crippen LogP contribution in [0.4, 0.5) is 23.2 Å². The van der Waals surface area contributed by atoms with Crippen LogP contribution in [0, 0.1) is 5.82 Å². The van der Waals surface area contributed by atoms with Gasteiger partial charge in [-0.3, -0.25) is 9.59 Å². The van der Waals surface area contributed by atoms with Crippen LogP contribution in [0.2, 0.25) is 0 Å². The molecule has 11 heteroatoms. The molecule has 2 amide bonds. The van der Waals surface area contributed by atoms with E-state index < -0.39 is 29.5 Å². The third kappa shape index (κ3) is 4.44. The van der Waals surface area contributed by atoms with Gasteiger partial charge in [0.05, 0.1) is 18.4 Å². The number of anilines is 1. The molecular weight excluding hydrogens is 410 g/mol. The molecule has 1 aromatic heterocycles. The van der Waals surface area contributed by atoms with Crippen molar-refractivity contribution in [2.75, 3.05) is 19.5 Å². The van der Waals surface area contributed by atoms with Gasteiger partial charge in [-0.1, -0.05) is 0 Å². The first kappa shape index (κ1) is 21.3. The Hall–Kier alpha value is -3.37. The highest BCUT2D eigenvalue weighted by atomic mass is 19.4. The van der Waals surface area contributed by atoms with Crippen molar-refractivity contribution in [1.29, 1.82) is 0 Å². The van der Waals surface area contributed by atoms with E-state index in [1.54, 1.807) is 0 Å². The standard InChI is InChI=1S/C19H17F4N3O4/c1-26-13(4-6-17(26)27)18(28)25-12-8-14(11(20)7-15(12)29-2)30-16-5-3-10(9-24-16)19(21,22)23/h3,5,7-9,13H,4,6H2,1-2H3,(H,25,28)/t13-/m1/s1. The minimum Gasteiger partial charge on any atom is -0.494 e. The third-order valence-corrected chi connectivity index (χ3v) is 4.59. The van der Waals surface area contributed by atoms with Crippen molar-refractivity contribution in [1.82, 2.24) is 9.88 Å². The molecule has 0 bridgehead atoms. The number of nitrogens with one attached hydrogen (secondary N) is 1. The fourth-order valence-electron chi connectivity index (χ4n) is 2.93. The first-order valence-corrected chi connectivity index (χ1v) is 8.75. The van der Waals surface area contributed by atoms with E-state index in [-0.39, 0.29) is 35.4 Å². The van der Waals surface area contributed by atoms with Gasteiger partial charge in [-0.05, 0) is 12.5 Å². The first-order chi connectivity index (χ1) is 14.1. The Labute approximate surface area is 168 Å². The number of ether oxygens (including phenoxy) is 2. The van der Waals surface area contributed by atoms with Crippen molar-refractivity contribution in [3.63, 3.8) is 0 Å². The van der Waals surface area contributed by atoms with Gasteiger partial charge in [0, 0.05) is 37.9 Å². The average molecular weight is 427 g/mol. The van der Waals surface area contributed by atoms with Crippen molar-refractivity contribution < 1.29 is 36.6 Å². The third-order valence-electron chi connectivity index (χ3n) is 4.59. The number of aromatic nitrogens is 1. The van der Waals surface area contributed by atoms with Crippen molar-refractivity contribution in [2.45, 2.75) is 25.1 Å². The lowest BCUT2D eigenvalue weighted by Gasteiger charge is -2.20. The Balaban J connectivity index is 1.82. The van der Waals surface area contributed by atoms with Gasteiger partial charge in [-0.25, -0.2) is 9.37 Å². The summed E-state index contributed by atoms with van der Waals surface area (Å²) >= 11 is 0. The lowest BCUT2D eigenvalue weighted by molar-refractivity contribution is -0.137. The number of nitrogens with zero attached hydrogens (tertiary/aromatic N) is 2. The van der Waals surface area contributed by atoms with Gasteiger partial charge in [0.25, 0.3) is 0 Å². The topological polar surface area (TPSA) is 80.8 Å². The van der Waals surface area contributed by atoms with Gasteiger partial charge in [0.15, 0.2) is 11.6 Å². The van der Waals surface area contributed by atoms with E-state index in [4.69, 9.17) is 9.47 Å². The molecule has 30 heavy (non-hydrogen) atoms. The second-order valence-electron chi connectivity index (χ2n) is 6.52. The summed E-state index contributed by atoms with van der Waals surface area (Å²) in [6, 6.07) is 3.09. The first-order valence-electron chi connectivity index (χ1n) is 8.75. The molecule has 1 aromatic carbocycles. The van der Waals surface area contributed by atoms with Gasteiger partial charge in [-0.15, -0.1) is 0 Å². The number of rotatable bonds is 5. The van der Waals surface area contributed by atoms with E-state index >= 15 is 0 Å². The molecule has 1 fully saturated rings. The fraction of sp³-hybridized carbons (Fsp3) is 0.316. The number of likely N-dealkylation sites (tertiary alicyclic amines) is 1. The van der Waals surface area contributed by atoms with Crippen LogP contribution >= 0.6 is 0 Å². The summed E-state index contributed by atoms with van der Waals surface area (Å²) in [5.41, 5.74) is -0.910. The number of hydrogen-bond acceptors (Lipinski definition) is 5. The van der Waals surface area contributed by atoms with Crippen molar-refractivity contribution in [2.24, 2.45) is 0 Å². The van der Waals surface area contributed by atoms with Crippen LogP contribution in [0.1, 0.15) is 18.4 Å². The molecule has 1 atom stereocenters. The van der Waals surface area contributed by atoms with Crippen LogP contribution in [-0.2, 0) is 15.8 Å². The predicted octanol–water partition coefficient (Wildman–Crippen LogP) is 3.60. The van der Waals surface area contributed by atoms with Crippen LogP contribution in [0.3, 0.4) is 0 Å². The lowest BCUT2D eigenvalue weighted by atomic mass is 10.2. The molecule has 0 radical (unpaired) electrons. The van der Waals surface area contributed by atoms with E-state index in [1.807, 2.05) is 0 Å². The Kier molecular flexibility index (Phi) is 5.81. The normalized spacial score (nSPS) is 16.5. The number of halogens is 4. The molecule has 1 N–H and O–H groups in total. The summed E-state index contributed by atoms with van der Waals surface area (Å²) < 4.78 is 62.5. The average Bonchev–Trinajstić information content (AvgIpc) is 3.02. The molecule has 0 aliphatic carbocycles. The lowest BCUT2D eigenvalue weighted by Crippen LogP contribution is -2.38. The Morgan fingerprint density at radius 1 is 1.27 bits per heavy atom. The Morgan fingerprint density at radius 3 is 2.53 bits per heavy atom. The van der Waals surface area contributed by atoms with Crippen molar-refractivity contribution in [3.8, 4) is 17.4 Å². The summed E-state index contributed by atoms with van der Waals surface area (Å²) in [7, 11) is 2.78. The highest BCUT2D eigenvalue weighted by Gasteiger charge is 2.34. The van der Waals surface area contributed by atoms with Crippen LogP contribution < -0.4 is 14.8 Å². The molecule has 0 saturated carbocycles. The molecule has 160 valence electrons. The van der Waals surface area contributed by atoms with Gasteiger partial charge < -0.3 is 19.7 Å². The van der Waals surface area contributed by atoms with E-state index in [1.165, 1.54) is 19.1 Å². The SMILES string of the molecule is COc1cc(F)c(Oc2ccc(C(F)(F)F)cn2)cc1NC(=O)[C@H]1CCC(=O)N1C. The monoisotopic (exact) mass is 427 g/mol. The summed E-state index contributed by atoms with van der Waals surface area (Å²) in [4.78, 5) is 29.0. The maximum absolute atomic E-state index is 14.3. The van der Waals surface area contributed by atoms with Crippen molar-refractivity contribution in [3.05, 3.63) is 41.8 Å². The van der Waals surface area contributed by atoms with Gasteiger partial charge in [-0.2, -0.15) is 13.2 Å². The predicted molar refractivity (Wildman–Crippen MR) is 96.7 cm³/mol. The van der Waals surface area contributed by atoms with E-state index in [2.05, 4.69) is 10.3 Å². The van der Waals surface area contributed by atoms with Gasteiger partial charge in [0.1, 0.15) is 11.8 Å². The quantitative estimate of drug-likeness (QED) is 0.738. The zero-order valence-corrected chi connectivity index (χ0v) is 15.9. The Morgan fingerprint density at radius 2 is 2.00 bits per heavy atom. The smallest absolute Gasteiger partial charge is 0.417 e. The van der Waals surface area contributed by atoms with Gasteiger partial charge in [0.2, 0.25) is 17.7 Å². The molecule has 0 spiro atoms. The second-order valence-corrected chi connectivity index (χ2v) is 6.52. The molecule has 7 nitrogen and oxygen atoms in total. The maximum atomic E-state index is 14.3. The minimum atomic E-state index is -4.57. The molecule has 3 rings (SSSR count). The van der Waals surface area contributed by atoms with Crippen LogP contribution in [0.5, 0.6) is 17.4 Å². The number of hydrogen-bond donors (Lipinski definition) is 1. The highest BCUT2D eigenvalue weighted by molar-refractivity contribution is 6.00. The molecule has 2 aromatic rings. The van der Waals surface area contributed by atoms with Crippen LogP contribution in [0.25, 0.3) is 0 Å². The fourth-order valence-corrected chi connectivity index (χ4v) is 2.93. The maximum Gasteiger partial charge on any atom is 0.417 e. The minimum absolute atomic E-state index is 0.000514. The van der Waals surface area contributed by atoms with Crippen LogP contribution in [-0.4, -0.2) is 41.9 Å². The number of benzene rings is 1. The molecule has 0 unspecified atom stereocenters. The Bertz CT molecular complexity index is 963. The van der Waals surface area contributed by atoms with Crippen molar-refractivity contribution >= 4 is 17.5 Å². The van der Waals surface area contributed by atoms with E-state index in [9.17, 15) is 27.2 Å². The summed E-state index contributed by atoms with van der Waals surface area (Å²) in [5, 5.41) is 2.56. The molecular formula is C19H17F4N3O4. The van der Waals surface area contributed by atoms with Gasteiger partial charge >= 0.3 is 6.18 Å². The zero-order chi connectivity index (χ0) is 22.1. The zero-order valence-electron chi connectivity index (χ0n) is 15.9. The molecule has 2 heterocycles. The number of methoxy groups -OCH3 is 1. The largest absolute Gasteiger partial charge is 0.494 e. The number of carbonyl (C=O) groups excluding carboxylic acids is 2. The molecule has 1 aliphatic heterocycles. The van der Waals surface area contributed by atoms with E-state index in [0.29, 0.717) is 12.6 Å². The number of alkyl halides is 3. The number of amides is 2. The molecule has 1 saturated heterocycles. The summed E-state index contributed by atoms with van der Waals surface area (Å²) in [5.74, 6) is -2.19. The summed E-state index contributed by atoms with van der Waals surface area (Å²) in [6.45, 7) is 0. The number of likely N-dealkylation sites (N-methyl/N-ethyl adjacent to an activating group) is 1. The highest BCUT2D eigenvalue weighted by Crippen LogP contribution is 2.35.